The quantitative estimate of drug-likeness (QED) is 0.770. The molecule has 0 saturated carbocycles. The van der Waals surface area contributed by atoms with Crippen LogP contribution in [0.15, 0.2) is 59.8 Å². The van der Waals surface area contributed by atoms with Crippen LogP contribution in [0, 0.1) is 5.82 Å². The lowest BCUT2D eigenvalue weighted by molar-refractivity contribution is -0.140. The summed E-state index contributed by atoms with van der Waals surface area (Å²) in [7, 11) is 2.48. The van der Waals surface area contributed by atoms with Gasteiger partial charge in [-0.2, -0.15) is 0 Å². The largest absolute Gasteiger partial charge is 0.466 e. The van der Waals surface area contributed by atoms with Crippen LogP contribution in [0.4, 0.5) is 10.1 Å². The number of hydrogen-bond acceptors (Lipinski definition) is 6. The summed E-state index contributed by atoms with van der Waals surface area (Å²) in [4.78, 5) is 26.0. The highest BCUT2D eigenvalue weighted by Crippen LogP contribution is 2.30. The number of carbonyl (C=O) groups is 2. The standard InChI is InChI=1S/C20H18FNO5/c1-25-19(23)17-11-27-12-22(18(17)20(24)26-2)16-5-3-4-14(10-16)13-6-8-15(21)9-7-13/h3-10H,11-12H2,1-2H3. The van der Waals surface area contributed by atoms with E-state index < -0.39 is 11.9 Å². The highest BCUT2D eigenvalue weighted by Gasteiger charge is 2.32. The Balaban J connectivity index is 2.06. The van der Waals surface area contributed by atoms with E-state index >= 15 is 0 Å². The lowest BCUT2D eigenvalue weighted by Crippen LogP contribution is -2.38. The van der Waals surface area contributed by atoms with Gasteiger partial charge in [0.05, 0.1) is 26.4 Å². The van der Waals surface area contributed by atoms with Crippen LogP contribution in [0.3, 0.4) is 0 Å². The molecule has 0 amide bonds. The van der Waals surface area contributed by atoms with Crippen LogP contribution < -0.4 is 4.90 Å². The van der Waals surface area contributed by atoms with E-state index in [1.54, 1.807) is 29.2 Å². The first kappa shape index (κ1) is 18.6. The number of anilines is 1. The van der Waals surface area contributed by atoms with E-state index in [0.717, 1.165) is 11.1 Å². The monoisotopic (exact) mass is 371 g/mol. The van der Waals surface area contributed by atoms with Gasteiger partial charge in [-0.25, -0.2) is 14.0 Å². The van der Waals surface area contributed by atoms with Crippen LogP contribution in [-0.4, -0.2) is 39.5 Å². The SMILES string of the molecule is COC(=O)C1=C(C(=O)OC)N(c2cccc(-c3ccc(F)cc3)c2)COC1. The fourth-order valence-corrected chi connectivity index (χ4v) is 2.84. The third-order valence-corrected chi connectivity index (χ3v) is 4.17. The molecule has 0 unspecified atom stereocenters. The molecule has 6 nitrogen and oxygen atoms in total. The van der Waals surface area contributed by atoms with Crippen molar-refractivity contribution in [2.75, 3.05) is 32.5 Å². The lowest BCUT2D eigenvalue weighted by Gasteiger charge is -2.31. The average Bonchev–Trinajstić information content (AvgIpc) is 2.72. The molecule has 140 valence electrons. The van der Waals surface area contributed by atoms with E-state index in [2.05, 4.69) is 0 Å². The van der Waals surface area contributed by atoms with Crippen molar-refractivity contribution in [1.82, 2.24) is 0 Å². The molecule has 1 aliphatic heterocycles. The Morgan fingerprint density at radius 1 is 1.00 bits per heavy atom. The summed E-state index contributed by atoms with van der Waals surface area (Å²) in [6, 6.07) is 13.3. The lowest BCUT2D eigenvalue weighted by atomic mass is 10.0. The summed E-state index contributed by atoms with van der Waals surface area (Å²) in [5, 5.41) is 0. The first-order valence-corrected chi connectivity index (χ1v) is 8.16. The molecule has 0 atom stereocenters. The van der Waals surface area contributed by atoms with E-state index in [0.29, 0.717) is 5.69 Å². The van der Waals surface area contributed by atoms with Gasteiger partial charge in [0.2, 0.25) is 0 Å². The van der Waals surface area contributed by atoms with Crippen LogP contribution in [0.2, 0.25) is 0 Å². The molecular formula is C20H18FNO5. The highest BCUT2D eigenvalue weighted by atomic mass is 19.1. The Kier molecular flexibility index (Phi) is 5.52. The number of rotatable bonds is 4. The van der Waals surface area contributed by atoms with Crippen LogP contribution in [0.5, 0.6) is 0 Å². The summed E-state index contributed by atoms with van der Waals surface area (Å²) in [6.45, 7) is 0.0169. The molecule has 27 heavy (non-hydrogen) atoms. The third-order valence-electron chi connectivity index (χ3n) is 4.17. The summed E-state index contributed by atoms with van der Waals surface area (Å²) < 4.78 is 28.3. The molecule has 2 aromatic carbocycles. The second-order valence-corrected chi connectivity index (χ2v) is 5.77. The van der Waals surface area contributed by atoms with Crippen molar-refractivity contribution in [1.29, 1.82) is 0 Å². The maximum atomic E-state index is 13.2. The molecular weight excluding hydrogens is 353 g/mol. The van der Waals surface area contributed by atoms with Gasteiger partial charge < -0.3 is 19.1 Å². The van der Waals surface area contributed by atoms with Crippen molar-refractivity contribution in [3.8, 4) is 11.1 Å². The first-order chi connectivity index (χ1) is 13.0. The Labute approximate surface area is 155 Å². The van der Waals surface area contributed by atoms with Gasteiger partial charge in [-0.1, -0.05) is 24.3 Å². The number of methoxy groups -OCH3 is 2. The number of carbonyl (C=O) groups excluding carboxylic acids is 2. The molecule has 0 saturated heterocycles. The summed E-state index contributed by atoms with van der Waals surface area (Å²) in [5.74, 6) is -1.64. The molecule has 0 aromatic heterocycles. The Hall–Kier alpha value is -3.19. The van der Waals surface area contributed by atoms with Crippen molar-refractivity contribution < 1.29 is 28.2 Å². The first-order valence-electron chi connectivity index (χ1n) is 8.16. The molecule has 1 heterocycles. The number of hydrogen-bond donors (Lipinski definition) is 0. The number of halogens is 1. The van der Waals surface area contributed by atoms with Crippen molar-refractivity contribution in [2.24, 2.45) is 0 Å². The Bertz CT molecular complexity index is 892. The fraction of sp³-hybridized carbons (Fsp3) is 0.200. The second kappa shape index (κ2) is 8.01. The molecule has 0 N–H and O–H groups in total. The van der Waals surface area contributed by atoms with E-state index in [1.165, 1.54) is 26.4 Å². The molecule has 0 radical (unpaired) electrons. The van der Waals surface area contributed by atoms with Gasteiger partial charge in [-0.15, -0.1) is 0 Å². The van der Waals surface area contributed by atoms with E-state index in [9.17, 15) is 14.0 Å². The van der Waals surface area contributed by atoms with Gasteiger partial charge in [0.15, 0.2) is 0 Å². The van der Waals surface area contributed by atoms with Crippen LogP contribution in [-0.2, 0) is 23.8 Å². The zero-order chi connectivity index (χ0) is 19.4. The van der Waals surface area contributed by atoms with Gasteiger partial charge in [-0.3, -0.25) is 0 Å². The van der Waals surface area contributed by atoms with Crippen molar-refractivity contribution in [3.63, 3.8) is 0 Å². The summed E-state index contributed by atoms with van der Waals surface area (Å²) in [5.41, 5.74) is 2.42. The molecule has 7 heteroatoms. The highest BCUT2D eigenvalue weighted by molar-refractivity contribution is 6.03. The third kappa shape index (κ3) is 3.83. The van der Waals surface area contributed by atoms with Crippen molar-refractivity contribution >= 4 is 17.6 Å². The molecule has 0 aliphatic carbocycles. The number of nitrogens with zero attached hydrogens (tertiary/aromatic N) is 1. The minimum atomic E-state index is -0.661. The molecule has 2 aromatic rings. The predicted molar refractivity (Wildman–Crippen MR) is 96.2 cm³/mol. The number of esters is 2. The fourth-order valence-electron chi connectivity index (χ4n) is 2.84. The summed E-state index contributed by atoms with van der Waals surface area (Å²) in [6.07, 6.45) is 0. The molecule has 3 rings (SSSR count). The molecule has 1 aliphatic rings. The maximum absolute atomic E-state index is 13.2. The second-order valence-electron chi connectivity index (χ2n) is 5.77. The topological polar surface area (TPSA) is 65.1 Å². The molecule has 0 fully saturated rings. The zero-order valence-corrected chi connectivity index (χ0v) is 14.9. The van der Waals surface area contributed by atoms with Crippen LogP contribution in [0.25, 0.3) is 11.1 Å². The Morgan fingerprint density at radius 3 is 2.37 bits per heavy atom. The number of ether oxygens (including phenoxy) is 3. The van der Waals surface area contributed by atoms with Gasteiger partial charge in [0.25, 0.3) is 0 Å². The van der Waals surface area contributed by atoms with Gasteiger partial charge in [-0.05, 0) is 35.4 Å². The molecule has 0 spiro atoms. The minimum absolute atomic E-state index is 0.0503. The summed E-state index contributed by atoms with van der Waals surface area (Å²) >= 11 is 0. The minimum Gasteiger partial charge on any atom is -0.466 e. The van der Waals surface area contributed by atoms with Crippen molar-refractivity contribution in [2.45, 2.75) is 0 Å². The zero-order valence-electron chi connectivity index (χ0n) is 14.9. The Morgan fingerprint density at radius 2 is 1.70 bits per heavy atom. The smallest absolute Gasteiger partial charge is 0.355 e. The van der Waals surface area contributed by atoms with Crippen LogP contribution in [0.1, 0.15) is 0 Å². The van der Waals surface area contributed by atoms with Gasteiger partial charge >= 0.3 is 11.9 Å². The van der Waals surface area contributed by atoms with E-state index in [1.807, 2.05) is 12.1 Å². The van der Waals surface area contributed by atoms with Crippen LogP contribution >= 0.6 is 0 Å². The van der Waals surface area contributed by atoms with E-state index in [4.69, 9.17) is 14.2 Å². The number of benzene rings is 2. The van der Waals surface area contributed by atoms with Crippen molar-refractivity contribution in [3.05, 3.63) is 65.6 Å². The predicted octanol–water partition coefficient (Wildman–Crippen LogP) is 2.89. The van der Waals surface area contributed by atoms with Gasteiger partial charge in [0, 0.05) is 5.69 Å². The average molecular weight is 371 g/mol. The molecule has 0 bridgehead atoms. The maximum Gasteiger partial charge on any atom is 0.355 e. The van der Waals surface area contributed by atoms with E-state index in [-0.39, 0.29) is 30.4 Å². The normalized spacial score (nSPS) is 14.1. The van der Waals surface area contributed by atoms with Gasteiger partial charge in [0.1, 0.15) is 18.2 Å².